The number of amides is 1. The molecule has 0 radical (unpaired) electrons. The van der Waals surface area contributed by atoms with Crippen LogP contribution in [0.2, 0.25) is 15.1 Å². The first-order valence-corrected chi connectivity index (χ1v) is 14.3. The molecule has 1 aliphatic carbocycles. The zero-order valence-corrected chi connectivity index (χ0v) is 23.7. The lowest BCUT2D eigenvalue weighted by Gasteiger charge is -2.20. The average Bonchev–Trinajstić information content (AvgIpc) is 3.32. The molecule has 0 bridgehead atoms. The summed E-state index contributed by atoms with van der Waals surface area (Å²) in [5.74, 6) is 0.626. The molecule has 2 aromatic carbocycles. The van der Waals surface area contributed by atoms with Gasteiger partial charge in [0.15, 0.2) is 17.3 Å². The van der Waals surface area contributed by atoms with Gasteiger partial charge in [-0.3, -0.25) is 10.2 Å². The Hall–Kier alpha value is -2.52. The molecule has 2 aromatic rings. The summed E-state index contributed by atoms with van der Waals surface area (Å²) in [7, 11) is 0. The number of hydrogen-bond donors (Lipinski definition) is 1. The smallest absolute Gasteiger partial charge is 0.283 e. The van der Waals surface area contributed by atoms with E-state index in [2.05, 4.69) is 10.1 Å². The minimum absolute atomic E-state index is 0.00917. The standard InChI is InChI=1S/C27H25Cl3N4O3S/c1-2-36-22-12-15(11-21(30)23(22)37-14-17-8-9-18(28)13-20(17)29)10-19-24(31)34-27(32-25(19)35)38-26(33-34)16-6-4-3-5-7-16/h8-13,16,31H,2-7,14H2,1H3/b19-10-,31-24?. The van der Waals surface area contributed by atoms with E-state index in [4.69, 9.17) is 49.7 Å². The normalized spacial score (nSPS) is 18.9. The third-order valence-electron chi connectivity index (χ3n) is 6.45. The van der Waals surface area contributed by atoms with Crippen LogP contribution in [0.5, 0.6) is 11.5 Å². The van der Waals surface area contributed by atoms with E-state index >= 15 is 0 Å². The summed E-state index contributed by atoms with van der Waals surface area (Å²) in [4.78, 5) is 17.1. The highest BCUT2D eigenvalue weighted by atomic mass is 35.5. The van der Waals surface area contributed by atoms with Crippen molar-refractivity contribution in [2.45, 2.75) is 45.6 Å². The van der Waals surface area contributed by atoms with Crippen molar-refractivity contribution >= 4 is 74.6 Å². The van der Waals surface area contributed by atoms with Gasteiger partial charge in [0.05, 0.1) is 17.2 Å². The lowest BCUT2D eigenvalue weighted by Crippen LogP contribution is -2.35. The highest BCUT2D eigenvalue weighted by Crippen LogP contribution is 2.40. The van der Waals surface area contributed by atoms with Gasteiger partial charge in [-0.05, 0) is 67.4 Å². The molecule has 3 aliphatic rings. The molecule has 1 amide bonds. The number of carbonyl (C=O) groups excluding carboxylic acids is 1. The number of carbonyl (C=O) groups is 1. The number of thioether (sulfide) groups is 1. The fourth-order valence-electron chi connectivity index (χ4n) is 4.55. The second-order valence-corrected chi connectivity index (χ2v) is 11.3. The van der Waals surface area contributed by atoms with Crippen LogP contribution in [0.3, 0.4) is 0 Å². The molecule has 11 heteroatoms. The monoisotopic (exact) mass is 590 g/mol. The van der Waals surface area contributed by atoms with E-state index in [1.807, 2.05) is 6.92 Å². The summed E-state index contributed by atoms with van der Waals surface area (Å²) in [5.41, 5.74) is 1.45. The Bertz CT molecular complexity index is 1390. The Labute approximate surface area is 240 Å². The van der Waals surface area contributed by atoms with Crippen molar-refractivity contribution < 1.29 is 14.3 Å². The van der Waals surface area contributed by atoms with Crippen molar-refractivity contribution in [1.82, 2.24) is 5.01 Å². The molecule has 0 saturated heterocycles. The van der Waals surface area contributed by atoms with Gasteiger partial charge in [0, 0.05) is 21.5 Å². The van der Waals surface area contributed by atoms with Gasteiger partial charge < -0.3 is 9.47 Å². The third kappa shape index (κ3) is 5.73. The number of hydrogen-bond acceptors (Lipinski definition) is 6. The molecule has 0 aromatic heterocycles. The summed E-state index contributed by atoms with van der Waals surface area (Å²) in [6.07, 6.45) is 7.33. The fourth-order valence-corrected chi connectivity index (χ4v) is 6.35. The van der Waals surface area contributed by atoms with Crippen molar-refractivity contribution in [1.29, 1.82) is 5.41 Å². The molecule has 7 nitrogen and oxygen atoms in total. The van der Waals surface area contributed by atoms with E-state index in [9.17, 15) is 4.79 Å². The van der Waals surface area contributed by atoms with E-state index in [-0.39, 0.29) is 18.0 Å². The molecule has 0 atom stereocenters. The summed E-state index contributed by atoms with van der Waals surface area (Å²) in [6, 6.07) is 8.54. The highest BCUT2D eigenvalue weighted by molar-refractivity contribution is 8.27. The van der Waals surface area contributed by atoms with E-state index in [0.717, 1.165) is 23.4 Å². The summed E-state index contributed by atoms with van der Waals surface area (Å²) in [5, 5.41) is 17.5. The molecule has 0 spiro atoms. The maximum absolute atomic E-state index is 12.9. The number of nitrogens with one attached hydrogen (secondary N) is 1. The molecule has 198 valence electrons. The van der Waals surface area contributed by atoms with Gasteiger partial charge >= 0.3 is 0 Å². The van der Waals surface area contributed by atoms with Gasteiger partial charge in [-0.25, -0.2) is 0 Å². The van der Waals surface area contributed by atoms with Gasteiger partial charge in [0.2, 0.25) is 5.17 Å². The lowest BCUT2D eigenvalue weighted by molar-refractivity contribution is -0.114. The van der Waals surface area contributed by atoms with Gasteiger partial charge in [-0.1, -0.05) is 60.1 Å². The zero-order chi connectivity index (χ0) is 26.8. The van der Waals surface area contributed by atoms with Crippen molar-refractivity contribution in [2.24, 2.45) is 16.0 Å². The average molecular weight is 592 g/mol. The molecular formula is C27H25Cl3N4O3S. The maximum atomic E-state index is 12.9. The topological polar surface area (TPSA) is 87.3 Å². The summed E-state index contributed by atoms with van der Waals surface area (Å²) >= 11 is 20.3. The van der Waals surface area contributed by atoms with Crippen molar-refractivity contribution in [3.05, 3.63) is 62.1 Å². The molecule has 0 unspecified atom stereocenters. The largest absolute Gasteiger partial charge is 0.490 e. The predicted molar refractivity (Wildman–Crippen MR) is 155 cm³/mol. The Morgan fingerprint density at radius 1 is 1.11 bits per heavy atom. The number of nitrogens with zero attached hydrogens (tertiary/aromatic N) is 3. The van der Waals surface area contributed by atoms with Crippen molar-refractivity contribution in [3.8, 4) is 11.5 Å². The quantitative estimate of drug-likeness (QED) is 0.332. The number of fused-ring (bicyclic) bond motifs is 1. The number of rotatable bonds is 7. The first-order valence-electron chi connectivity index (χ1n) is 12.4. The van der Waals surface area contributed by atoms with Crippen LogP contribution in [0.15, 0.2) is 46.0 Å². The molecule has 2 heterocycles. The second-order valence-electron chi connectivity index (χ2n) is 9.08. The van der Waals surface area contributed by atoms with Crippen LogP contribution in [0.25, 0.3) is 6.08 Å². The Kier molecular flexibility index (Phi) is 8.33. The predicted octanol–water partition coefficient (Wildman–Crippen LogP) is 7.82. The van der Waals surface area contributed by atoms with Crippen LogP contribution in [0, 0.1) is 11.3 Å². The van der Waals surface area contributed by atoms with Crippen LogP contribution in [0.4, 0.5) is 0 Å². The van der Waals surface area contributed by atoms with Gasteiger partial charge in [-0.2, -0.15) is 15.1 Å². The fraction of sp³-hybridized carbons (Fsp3) is 0.333. The van der Waals surface area contributed by atoms with Crippen molar-refractivity contribution in [3.63, 3.8) is 0 Å². The van der Waals surface area contributed by atoms with E-state index in [1.54, 1.807) is 36.4 Å². The molecule has 38 heavy (non-hydrogen) atoms. The second kappa shape index (κ2) is 11.7. The molecule has 1 N–H and O–H groups in total. The molecule has 2 aliphatic heterocycles. The van der Waals surface area contributed by atoms with E-state index in [0.29, 0.717) is 49.8 Å². The first-order chi connectivity index (χ1) is 18.3. The number of halogens is 3. The number of ether oxygens (including phenoxy) is 2. The number of aliphatic imine (C=N–C) groups is 1. The molecule has 1 fully saturated rings. The van der Waals surface area contributed by atoms with Crippen LogP contribution in [-0.2, 0) is 11.4 Å². The lowest BCUT2D eigenvalue weighted by atomic mass is 9.90. The van der Waals surface area contributed by atoms with E-state index < -0.39 is 5.91 Å². The minimum atomic E-state index is -0.486. The SMILES string of the molecule is CCOc1cc(/C=C2/C(=N)N3N=C(C4CCCCC4)SC3=NC2=O)cc(Cl)c1OCc1ccc(Cl)cc1Cl. The Morgan fingerprint density at radius 2 is 1.89 bits per heavy atom. The first kappa shape index (κ1) is 27.1. The van der Waals surface area contributed by atoms with E-state index in [1.165, 1.54) is 36.0 Å². The minimum Gasteiger partial charge on any atom is -0.490 e. The van der Waals surface area contributed by atoms with Gasteiger partial charge in [-0.15, -0.1) is 0 Å². The van der Waals surface area contributed by atoms with Crippen molar-refractivity contribution in [2.75, 3.05) is 6.61 Å². The Balaban J connectivity index is 1.40. The van der Waals surface area contributed by atoms with Crippen LogP contribution >= 0.6 is 46.6 Å². The zero-order valence-electron chi connectivity index (χ0n) is 20.6. The van der Waals surface area contributed by atoms with Crippen LogP contribution in [0.1, 0.15) is 50.2 Å². The summed E-state index contributed by atoms with van der Waals surface area (Å²) < 4.78 is 11.8. The van der Waals surface area contributed by atoms with Crippen LogP contribution < -0.4 is 9.47 Å². The maximum Gasteiger partial charge on any atom is 0.283 e. The molecular weight excluding hydrogens is 567 g/mol. The van der Waals surface area contributed by atoms with Gasteiger partial charge in [0.1, 0.15) is 11.7 Å². The Morgan fingerprint density at radius 3 is 2.63 bits per heavy atom. The number of benzene rings is 2. The molecule has 1 saturated carbocycles. The highest BCUT2D eigenvalue weighted by Gasteiger charge is 2.38. The molecule has 5 rings (SSSR count). The van der Waals surface area contributed by atoms with Gasteiger partial charge in [0.25, 0.3) is 5.91 Å². The van der Waals surface area contributed by atoms with Crippen LogP contribution in [-0.4, -0.2) is 33.6 Å². The number of amidine groups is 2. The summed E-state index contributed by atoms with van der Waals surface area (Å²) in [6.45, 7) is 2.38. The third-order valence-corrected chi connectivity index (χ3v) is 8.39. The number of hydrazone groups is 1.